The van der Waals surface area contributed by atoms with Gasteiger partial charge in [-0.25, -0.2) is 9.78 Å². The zero-order chi connectivity index (χ0) is 14.8. The highest BCUT2D eigenvalue weighted by Gasteiger charge is 2.09. The van der Waals surface area contributed by atoms with Crippen molar-refractivity contribution in [1.29, 1.82) is 0 Å². The average molecular weight is 300 g/mol. The number of esters is 1. The van der Waals surface area contributed by atoms with Crippen LogP contribution in [0.5, 0.6) is 0 Å². The van der Waals surface area contributed by atoms with Crippen LogP contribution in [0.15, 0.2) is 46.0 Å². The van der Waals surface area contributed by atoms with E-state index < -0.39 is 5.97 Å². The van der Waals surface area contributed by atoms with Crippen molar-refractivity contribution in [3.8, 4) is 0 Å². The first kappa shape index (κ1) is 13.5. The maximum atomic E-state index is 12.0. The molecule has 0 saturated carbocycles. The number of pyridine rings is 1. The molecule has 5 nitrogen and oxygen atoms in total. The Labute approximate surface area is 124 Å². The monoisotopic (exact) mass is 300 g/mol. The predicted octanol–water partition coefficient (Wildman–Crippen LogP) is 2.42. The van der Waals surface area contributed by atoms with Crippen molar-refractivity contribution in [3.63, 3.8) is 0 Å². The molecule has 106 valence electrons. The lowest BCUT2D eigenvalue weighted by Gasteiger charge is -2.06. The van der Waals surface area contributed by atoms with Crippen LogP contribution >= 0.6 is 11.3 Å². The second-order valence-electron chi connectivity index (χ2n) is 4.61. The van der Waals surface area contributed by atoms with Gasteiger partial charge in [-0.2, -0.15) is 11.3 Å². The Hall–Kier alpha value is -2.47. The van der Waals surface area contributed by atoms with Gasteiger partial charge in [-0.1, -0.05) is 6.07 Å². The van der Waals surface area contributed by atoms with Crippen molar-refractivity contribution in [2.24, 2.45) is 0 Å². The summed E-state index contributed by atoms with van der Waals surface area (Å²) in [6.45, 7) is 1.89. The fourth-order valence-corrected chi connectivity index (χ4v) is 2.56. The van der Waals surface area contributed by atoms with E-state index in [2.05, 4.69) is 4.98 Å². The molecular weight excluding hydrogens is 288 g/mol. The SMILES string of the molecule is Cc1ccc2nc(COC(=O)c3ccsc3)cc(=O)n2c1. The second-order valence-corrected chi connectivity index (χ2v) is 5.39. The van der Waals surface area contributed by atoms with Gasteiger partial charge < -0.3 is 4.74 Å². The van der Waals surface area contributed by atoms with Gasteiger partial charge in [0.15, 0.2) is 0 Å². The molecule has 3 heterocycles. The Balaban J connectivity index is 1.83. The molecule has 6 heteroatoms. The lowest BCUT2D eigenvalue weighted by atomic mass is 10.3. The third kappa shape index (κ3) is 2.85. The number of hydrogen-bond donors (Lipinski definition) is 0. The number of hydrogen-bond acceptors (Lipinski definition) is 5. The molecule has 0 fully saturated rings. The molecule has 0 aliphatic carbocycles. The highest BCUT2D eigenvalue weighted by Crippen LogP contribution is 2.09. The van der Waals surface area contributed by atoms with Crippen molar-refractivity contribution in [1.82, 2.24) is 9.38 Å². The van der Waals surface area contributed by atoms with Crippen LogP contribution in [-0.4, -0.2) is 15.4 Å². The van der Waals surface area contributed by atoms with Gasteiger partial charge in [-0.15, -0.1) is 0 Å². The quantitative estimate of drug-likeness (QED) is 0.697. The molecule has 0 saturated heterocycles. The molecule has 0 unspecified atom stereocenters. The number of thiophene rings is 1. The molecule has 0 amide bonds. The first-order chi connectivity index (χ1) is 10.1. The van der Waals surface area contributed by atoms with Gasteiger partial charge in [-0.3, -0.25) is 9.20 Å². The topological polar surface area (TPSA) is 60.7 Å². The van der Waals surface area contributed by atoms with E-state index >= 15 is 0 Å². The molecule has 0 spiro atoms. The summed E-state index contributed by atoms with van der Waals surface area (Å²) >= 11 is 1.43. The van der Waals surface area contributed by atoms with Crippen LogP contribution in [0, 0.1) is 6.92 Å². The lowest BCUT2D eigenvalue weighted by Crippen LogP contribution is -2.16. The molecule has 0 bridgehead atoms. The Morgan fingerprint density at radius 1 is 1.38 bits per heavy atom. The maximum Gasteiger partial charge on any atom is 0.339 e. The maximum absolute atomic E-state index is 12.0. The third-order valence-electron chi connectivity index (χ3n) is 2.97. The summed E-state index contributed by atoms with van der Waals surface area (Å²) in [5, 5.41) is 3.52. The van der Waals surface area contributed by atoms with Crippen LogP contribution in [0.2, 0.25) is 0 Å². The van der Waals surface area contributed by atoms with E-state index in [0.29, 0.717) is 16.9 Å². The van der Waals surface area contributed by atoms with Crippen LogP contribution in [-0.2, 0) is 11.3 Å². The Bertz CT molecular complexity index is 853. The van der Waals surface area contributed by atoms with Crippen molar-refractivity contribution < 1.29 is 9.53 Å². The fraction of sp³-hybridized carbons (Fsp3) is 0.133. The highest BCUT2D eigenvalue weighted by atomic mass is 32.1. The molecule has 0 radical (unpaired) electrons. The smallest absolute Gasteiger partial charge is 0.339 e. The summed E-state index contributed by atoms with van der Waals surface area (Å²) in [6.07, 6.45) is 1.73. The average Bonchev–Trinajstić information content (AvgIpc) is 3.00. The first-order valence-corrected chi connectivity index (χ1v) is 7.26. The van der Waals surface area contributed by atoms with E-state index in [0.717, 1.165) is 5.56 Å². The van der Waals surface area contributed by atoms with E-state index in [1.165, 1.54) is 21.8 Å². The third-order valence-corrected chi connectivity index (χ3v) is 3.65. The summed E-state index contributed by atoms with van der Waals surface area (Å²) in [7, 11) is 0. The van der Waals surface area contributed by atoms with E-state index in [1.807, 2.05) is 13.0 Å². The molecule has 0 aliphatic heterocycles. The number of ether oxygens (including phenoxy) is 1. The number of carbonyl (C=O) groups is 1. The van der Waals surface area contributed by atoms with Gasteiger partial charge in [0.2, 0.25) is 0 Å². The van der Waals surface area contributed by atoms with Crippen molar-refractivity contribution in [2.75, 3.05) is 0 Å². The van der Waals surface area contributed by atoms with Crippen LogP contribution < -0.4 is 5.56 Å². The number of nitrogens with zero attached hydrogens (tertiary/aromatic N) is 2. The zero-order valence-electron chi connectivity index (χ0n) is 11.3. The number of carbonyl (C=O) groups excluding carboxylic acids is 1. The largest absolute Gasteiger partial charge is 0.456 e. The lowest BCUT2D eigenvalue weighted by molar-refractivity contribution is 0.0468. The first-order valence-electron chi connectivity index (χ1n) is 6.32. The van der Waals surface area contributed by atoms with Crippen LogP contribution in [0.25, 0.3) is 5.65 Å². The van der Waals surface area contributed by atoms with Crippen LogP contribution in [0.1, 0.15) is 21.6 Å². The van der Waals surface area contributed by atoms with Gasteiger partial charge in [-0.05, 0) is 30.0 Å². The van der Waals surface area contributed by atoms with Gasteiger partial charge in [0.1, 0.15) is 12.3 Å². The second kappa shape index (κ2) is 5.49. The minimum Gasteiger partial charge on any atom is -0.456 e. The Morgan fingerprint density at radius 2 is 2.24 bits per heavy atom. The normalized spacial score (nSPS) is 10.7. The van der Waals surface area contributed by atoms with Gasteiger partial charge in [0, 0.05) is 17.6 Å². The molecule has 0 aliphatic rings. The number of aromatic nitrogens is 2. The van der Waals surface area contributed by atoms with Gasteiger partial charge >= 0.3 is 5.97 Å². The summed E-state index contributed by atoms with van der Waals surface area (Å²) < 4.78 is 6.63. The minimum atomic E-state index is -0.415. The standard InChI is InChI=1S/C15H12N2O3S/c1-10-2-3-13-16-12(6-14(18)17(13)7-10)8-20-15(19)11-4-5-21-9-11/h2-7,9H,8H2,1H3. The molecule has 21 heavy (non-hydrogen) atoms. The molecule has 3 aromatic rings. The predicted molar refractivity (Wildman–Crippen MR) is 79.6 cm³/mol. The fourth-order valence-electron chi connectivity index (χ4n) is 1.94. The van der Waals surface area contributed by atoms with Crippen molar-refractivity contribution in [2.45, 2.75) is 13.5 Å². The van der Waals surface area contributed by atoms with Crippen LogP contribution in [0.3, 0.4) is 0 Å². The Morgan fingerprint density at radius 3 is 3.00 bits per heavy atom. The van der Waals surface area contributed by atoms with Crippen molar-refractivity contribution in [3.05, 3.63) is 68.4 Å². The molecule has 0 aromatic carbocycles. The van der Waals surface area contributed by atoms with E-state index in [-0.39, 0.29) is 12.2 Å². The Kier molecular flexibility index (Phi) is 3.53. The van der Waals surface area contributed by atoms with Crippen molar-refractivity contribution >= 4 is 23.0 Å². The molecular formula is C15H12N2O3S. The zero-order valence-corrected chi connectivity index (χ0v) is 12.1. The van der Waals surface area contributed by atoms with Gasteiger partial charge in [0.25, 0.3) is 5.56 Å². The van der Waals surface area contributed by atoms with Crippen LogP contribution in [0.4, 0.5) is 0 Å². The van der Waals surface area contributed by atoms with E-state index in [9.17, 15) is 9.59 Å². The molecule has 0 N–H and O–H groups in total. The molecule has 3 aromatic heterocycles. The minimum absolute atomic E-state index is 0.0195. The summed E-state index contributed by atoms with van der Waals surface area (Å²) in [6, 6.07) is 6.72. The van der Waals surface area contributed by atoms with Gasteiger partial charge in [0.05, 0.1) is 11.3 Å². The molecule has 0 atom stereocenters. The van der Waals surface area contributed by atoms with E-state index in [1.54, 1.807) is 29.1 Å². The summed E-state index contributed by atoms with van der Waals surface area (Å²) in [5.74, 6) is -0.415. The summed E-state index contributed by atoms with van der Waals surface area (Å²) in [4.78, 5) is 28.1. The number of fused-ring (bicyclic) bond motifs is 1. The van der Waals surface area contributed by atoms with E-state index in [4.69, 9.17) is 4.74 Å². The number of rotatable bonds is 3. The highest BCUT2D eigenvalue weighted by molar-refractivity contribution is 7.08. The number of aryl methyl sites for hydroxylation is 1. The summed E-state index contributed by atoms with van der Waals surface area (Å²) in [5.41, 5.74) is 2.27. The molecule has 3 rings (SSSR count).